The van der Waals surface area contributed by atoms with E-state index in [1.54, 1.807) is 16.0 Å². The second kappa shape index (κ2) is 7.85. The van der Waals surface area contributed by atoms with Crippen molar-refractivity contribution in [2.75, 3.05) is 18.4 Å². The molecular formula is C17H24ClN5OS. The van der Waals surface area contributed by atoms with E-state index in [-0.39, 0.29) is 18.3 Å². The lowest BCUT2D eigenvalue weighted by Gasteiger charge is -2.19. The summed E-state index contributed by atoms with van der Waals surface area (Å²) in [5.74, 6) is 1.71. The van der Waals surface area contributed by atoms with Gasteiger partial charge in [-0.3, -0.25) is 10.1 Å². The van der Waals surface area contributed by atoms with Gasteiger partial charge in [0.25, 0.3) is 5.91 Å². The smallest absolute Gasteiger partial charge is 0.268 e. The van der Waals surface area contributed by atoms with Crippen molar-refractivity contribution in [2.24, 2.45) is 7.05 Å². The molecule has 0 radical (unpaired) electrons. The number of fused-ring (bicyclic) bond motifs is 1. The molecule has 1 fully saturated rings. The summed E-state index contributed by atoms with van der Waals surface area (Å²) in [5.41, 5.74) is 1.35. The van der Waals surface area contributed by atoms with Gasteiger partial charge in [-0.05, 0) is 63.2 Å². The lowest BCUT2D eigenvalue weighted by atomic mass is 9.98. The van der Waals surface area contributed by atoms with E-state index in [9.17, 15) is 4.79 Å². The first-order valence-electron chi connectivity index (χ1n) is 8.75. The number of nitrogens with one attached hydrogen (secondary N) is 2. The number of hydrogen-bond acceptors (Lipinski definition) is 5. The van der Waals surface area contributed by atoms with E-state index in [2.05, 4.69) is 26.8 Å². The molecule has 3 heterocycles. The molecule has 2 aliphatic rings. The Balaban J connectivity index is 0.00000182. The summed E-state index contributed by atoms with van der Waals surface area (Å²) in [6, 6.07) is 2.05. The summed E-state index contributed by atoms with van der Waals surface area (Å²) in [4.78, 5) is 19.3. The maximum absolute atomic E-state index is 12.6. The standard InChI is InChI=1S/C17H23N5OS.ClH/c1-22-17(19-15(21-22)11-6-8-18-9-7-11)20-16(23)14-10-12-4-2-3-5-13(12)24-14;/h10-11,18H,2-9H2,1H3,(H,19,20,21,23);1H. The summed E-state index contributed by atoms with van der Waals surface area (Å²) < 4.78 is 1.68. The highest BCUT2D eigenvalue weighted by molar-refractivity contribution is 7.14. The molecule has 8 heteroatoms. The number of anilines is 1. The predicted octanol–water partition coefficient (Wildman–Crippen LogP) is 2.90. The Kier molecular flexibility index (Phi) is 5.76. The number of carbonyl (C=O) groups excluding carboxylic acids is 1. The molecule has 136 valence electrons. The van der Waals surface area contributed by atoms with Gasteiger partial charge in [-0.1, -0.05) is 0 Å². The number of carbonyl (C=O) groups is 1. The molecule has 2 N–H and O–H groups in total. The zero-order chi connectivity index (χ0) is 16.5. The van der Waals surface area contributed by atoms with Gasteiger partial charge in [0.05, 0.1) is 4.88 Å². The van der Waals surface area contributed by atoms with Crippen molar-refractivity contribution in [2.45, 2.75) is 44.4 Å². The van der Waals surface area contributed by atoms with Crippen LogP contribution in [0.2, 0.25) is 0 Å². The summed E-state index contributed by atoms with van der Waals surface area (Å²) in [7, 11) is 1.84. The van der Waals surface area contributed by atoms with E-state index < -0.39 is 0 Å². The maximum atomic E-state index is 12.6. The first kappa shape index (κ1) is 18.4. The summed E-state index contributed by atoms with van der Waals surface area (Å²) in [6.45, 7) is 2.01. The molecule has 0 bridgehead atoms. The Morgan fingerprint density at radius 3 is 2.84 bits per heavy atom. The van der Waals surface area contributed by atoms with Gasteiger partial charge in [0.15, 0.2) is 5.82 Å². The van der Waals surface area contributed by atoms with Crippen LogP contribution in [-0.2, 0) is 19.9 Å². The van der Waals surface area contributed by atoms with Crippen molar-refractivity contribution in [3.63, 3.8) is 0 Å². The molecule has 0 unspecified atom stereocenters. The van der Waals surface area contributed by atoms with Crippen molar-refractivity contribution in [3.05, 3.63) is 27.2 Å². The molecule has 1 saturated heterocycles. The molecule has 0 spiro atoms. The highest BCUT2D eigenvalue weighted by Gasteiger charge is 2.22. The third kappa shape index (κ3) is 3.88. The first-order chi connectivity index (χ1) is 11.7. The van der Waals surface area contributed by atoms with Crippen molar-refractivity contribution >= 4 is 35.6 Å². The van der Waals surface area contributed by atoms with E-state index in [1.807, 2.05) is 7.05 Å². The van der Waals surface area contributed by atoms with Gasteiger partial charge in [0.1, 0.15) is 0 Å². The van der Waals surface area contributed by atoms with E-state index in [0.717, 1.165) is 49.5 Å². The molecule has 2 aromatic rings. The van der Waals surface area contributed by atoms with Gasteiger partial charge in [0.2, 0.25) is 5.95 Å². The number of halogens is 1. The fourth-order valence-corrected chi connectivity index (χ4v) is 4.68. The van der Waals surface area contributed by atoms with Crippen LogP contribution in [-0.4, -0.2) is 33.8 Å². The number of hydrogen-bond donors (Lipinski definition) is 2. The van der Waals surface area contributed by atoms with Crippen molar-refractivity contribution in [1.82, 2.24) is 20.1 Å². The van der Waals surface area contributed by atoms with Gasteiger partial charge < -0.3 is 5.32 Å². The van der Waals surface area contributed by atoms with Crippen LogP contribution in [0.1, 0.15) is 57.5 Å². The van der Waals surface area contributed by atoms with Crippen LogP contribution in [0.4, 0.5) is 5.95 Å². The van der Waals surface area contributed by atoms with Crippen LogP contribution in [0, 0.1) is 0 Å². The summed E-state index contributed by atoms with van der Waals surface area (Å²) in [5, 5.41) is 10.8. The Labute approximate surface area is 157 Å². The average Bonchev–Trinajstić information content (AvgIpc) is 3.20. The van der Waals surface area contributed by atoms with Crippen LogP contribution >= 0.6 is 23.7 Å². The Morgan fingerprint density at radius 1 is 1.32 bits per heavy atom. The quantitative estimate of drug-likeness (QED) is 0.857. The van der Waals surface area contributed by atoms with Gasteiger partial charge in [-0.2, -0.15) is 10.1 Å². The van der Waals surface area contributed by atoms with Gasteiger partial charge in [0, 0.05) is 17.8 Å². The Hall–Kier alpha value is -1.44. The molecule has 1 amide bonds. The van der Waals surface area contributed by atoms with Crippen molar-refractivity contribution in [3.8, 4) is 0 Å². The number of piperidine rings is 1. The lowest BCUT2D eigenvalue weighted by molar-refractivity contribution is 0.102. The van der Waals surface area contributed by atoms with Crippen LogP contribution in [0.5, 0.6) is 0 Å². The average molecular weight is 382 g/mol. The topological polar surface area (TPSA) is 71.8 Å². The summed E-state index contributed by atoms with van der Waals surface area (Å²) >= 11 is 1.63. The SMILES string of the molecule is Cl.Cn1nc(C2CCNCC2)nc1NC(=O)c1cc2c(s1)CCCC2. The lowest BCUT2D eigenvalue weighted by Crippen LogP contribution is -2.27. The van der Waals surface area contributed by atoms with Crippen LogP contribution < -0.4 is 10.6 Å². The minimum atomic E-state index is -0.0678. The predicted molar refractivity (Wildman–Crippen MR) is 102 cm³/mol. The van der Waals surface area contributed by atoms with Gasteiger partial charge in [-0.15, -0.1) is 23.7 Å². The monoisotopic (exact) mass is 381 g/mol. The van der Waals surface area contributed by atoms with E-state index >= 15 is 0 Å². The highest BCUT2D eigenvalue weighted by atomic mass is 35.5. The molecule has 0 saturated carbocycles. The molecule has 4 rings (SSSR count). The third-order valence-corrected chi connectivity index (χ3v) is 6.17. The molecule has 6 nitrogen and oxygen atoms in total. The number of thiophene rings is 1. The Morgan fingerprint density at radius 2 is 2.08 bits per heavy atom. The zero-order valence-electron chi connectivity index (χ0n) is 14.4. The number of amides is 1. The largest absolute Gasteiger partial charge is 0.317 e. The van der Waals surface area contributed by atoms with Crippen molar-refractivity contribution in [1.29, 1.82) is 0 Å². The van der Waals surface area contributed by atoms with E-state index in [4.69, 9.17) is 0 Å². The molecule has 25 heavy (non-hydrogen) atoms. The highest BCUT2D eigenvalue weighted by Crippen LogP contribution is 2.30. The number of aryl methyl sites for hydroxylation is 3. The third-order valence-electron chi connectivity index (χ3n) is 4.93. The number of rotatable bonds is 3. The molecular weight excluding hydrogens is 358 g/mol. The molecule has 0 aromatic carbocycles. The molecule has 2 aromatic heterocycles. The second-order valence-electron chi connectivity index (χ2n) is 6.66. The second-order valence-corrected chi connectivity index (χ2v) is 7.80. The van der Waals surface area contributed by atoms with Crippen LogP contribution in [0.25, 0.3) is 0 Å². The minimum Gasteiger partial charge on any atom is -0.317 e. The fraction of sp³-hybridized carbons (Fsp3) is 0.588. The normalized spacial score (nSPS) is 17.6. The first-order valence-corrected chi connectivity index (χ1v) is 9.57. The molecule has 1 aliphatic carbocycles. The fourth-order valence-electron chi connectivity index (χ4n) is 3.53. The number of aromatic nitrogens is 3. The minimum absolute atomic E-state index is 0. The molecule has 1 aliphatic heterocycles. The zero-order valence-corrected chi connectivity index (χ0v) is 16.0. The maximum Gasteiger partial charge on any atom is 0.268 e. The number of nitrogens with zero attached hydrogens (tertiary/aromatic N) is 3. The van der Waals surface area contributed by atoms with Gasteiger partial charge in [-0.25, -0.2) is 4.68 Å². The van der Waals surface area contributed by atoms with Crippen LogP contribution in [0.15, 0.2) is 6.07 Å². The van der Waals surface area contributed by atoms with E-state index in [1.165, 1.54) is 23.3 Å². The Bertz CT molecular complexity index is 727. The van der Waals surface area contributed by atoms with E-state index in [0.29, 0.717) is 11.9 Å². The van der Waals surface area contributed by atoms with Gasteiger partial charge >= 0.3 is 0 Å². The van der Waals surface area contributed by atoms with Crippen molar-refractivity contribution < 1.29 is 4.79 Å². The summed E-state index contributed by atoms with van der Waals surface area (Å²) in [6.07, 6.45) is 6.77. The van der Waals surface area contributed by atoms with Crippen LogP contribution in [0.3, 0.4) is 0 Å². The molecule has 0 atom stereocenters.